The van der Waals surface area contributed by atoms with Gasteiger partial charge in [0.1, 0.15) is 10.8 Å². The van der Waals surface area contributed by atoms with Crippen molar-refractivity contribution in [2.75, 3.05) is 13.7 Å². The molecule has 0 aliphatic carbocycles. The zero-order valence-electron chi connectivity index (χ0n) is 13.7. The number of nitrogens with zero attached hydrogens (tertiary/aromatic N) is 1. The average Bonchev–Trinajstić information content (AvgIpc) is 3.11. The van der Waals surface area contributed by atoms with Crippen LogP contribution in [0.5, 0.6) is 5.75 Å². The maximum absolute atomic E-state index is 12.1. The molecule has 1 aromatic heterocycles. The van der Waals surface area contributed by atoms with E-state index in [0.29, 0.717) is 18.5 Å². The molecular formula is C19H17BrN2O2S. The summed E-state index contributed by atoms with van der Waals surface area (Å²) in [6, 6.07) is 15.2. The topological polar surface area (TPSA) is 51.2 Å². The highest BCUT2D eigenvalue weighted by Crippen LogP contribution is 2.25. The first kappa shape index (κ1) is 17.6. The highest BCUT2D eigenvalue weighted by molar-refractivity contribution is 9.10. The molecule has 25 heavy (non-hydrogen) atoms. The van der Waals surface area contributed by atoms with Crippen LogP contribution in [0.4, 0.5) is 0 Å². The summed E-state index contributed by atoms with van der Waals surface area (Å²) in [6.07, 6.45) is 0.703. The minimum atomic E-state index is -0.0712. The maximum Gasteiger partial charge on any atom is 0.251 e. The minimum Gasteiger partial charge on any atom is -0.497 e. The van der Waals surface area contributed by atoms with E-state index in [9.17, 15) is 4.79 Å². The molecule has 1 amide bonds. The molecule has 0 bridgehead atoms. The fourth-order valence-electron chi connectivity index (χ4n) is 2.30. The Morgan fingerprint density at radius 2 is 1.88 bits per heavy atom. The first-order chi connectivity index (χ1) is 12.2. The Morgan fingerprint density at radius 3 is 2.56 bits per heavy atom. The van der Waals surface area contributed by atoms with E-state index in [0.717, 1.165) is 26.5 Å². The Balaban J connectivity index is 1.54. The van der Waals surface area contributed by atoms with Crippen LogP contribution in [-0.2, 0) is 6.42 Å². The zero-order valence-corrected chi connectivity index (χ0v) is 16.1. The molecule has 0 atom stereocenters. The van der Waals surface area contributed by atoms with Crippen LogP contribution in [0.2, 0.25) is 0 Å². The van der Waals surface area contributed by atoms with Crippen molar-refractivity contribution in [3.8, 4) is 16.3 Å². The van der Waals surface area contributed by atoms with Crippen molar-refractivity contribution in [3.63, 3.8) is 0 Å². The standard InChI is InChI=1S/C19H17BrN2O2S/c1-24-17-8-4-14(5-9-17)19-22-16(12-25-19)10-11-21-18(23)13-2-6-15(20)7-3-13/h2-9,12H,10-11H2,1H3,(H,21,23). The number of aromatic nitrogens is 1. The third-order valence-electron chi connectivity index (χ3n) is 3.66. The number of halogens is 1. The number of carbonyl (C=O) groups excluding carboxylic acids is 1. The molecule has 3 rings (SSSR count). The fourth-order valence-corrected chi connectivity index (χ4v) is 3.42. The monoisotopic (exact) mass is 416 g/mol. The SMILES string of the molecule is COc1ccc(-c2nc(CCNC(=O)c3ccc(Br)cc3)cs2)cc1. The number of carbonyl (C=O) groups is 1. The lowest BCUT2D eigenvalue weighted by Gasteiger charge is -2.04. The van der Waals surface area contributed by atoms with E-state index >= 15 is 0 Å². The lowest BCUT2D eigenvalue weighted by Crippen LogP contribution is -2.25. The Bertz CT molecular complexity index is 845. The number of hydrogen-bond donors (Lipinski definition) is 1. The number of amides is 1. The van der Waals surface area contributed by atoms with Gasteiger partial charge in [-0.3, -0.25) is 4.79 Å². The van der Waals surface area contributed by atoms with Gasteiger partial charge in [0.05, 0.1) is 12.8 Å². The average molecular weight is 417 g/mol. The van der Waals surface area contributed by atoms with Crippen LogP contribution in [0.15, 0.2) is 58.4 Å². The third-order valence-corrected chi connectivity index (χ3v) is 5.13. The van der Waals surface area contributed by atoms with Gasteiger partial charge in [0.2, 0.25) is 0 Å². The van der Waals surface area contributed by atoms with E-state index in [2.05, 4.69) is 26.2 Å². The minimum absolute atomic E-state index is 0.0712. The van der Waals surface area contributed by atoms with Crippen LogP contribution >= 0.6 is 27.3 Å². The summed E-state index contributed by atoms with van der Waals surface area (Å²) >= 11 is 4.96. The summed E-state index contributed by atoms with van der Waals surface area (Å²) in [5.41, 5.74) is 2.70. The van der Waals surface area contributed by atoms with Gasteiger partial charge < -0.3 is 10.1 Å². The number of thiazole rings is 1. The Morgan fingerprint density at radius 1 is 1.16 bits per heavy atom. The molecule has 0 aliphatic rings. The molecule has 0 unspecified atom stereocenters. The Kier molecular flexibility index (Phi) is 5.83. The van der Waals surface area contributed by atoms with Gasteiger partial charge in [0.15, 0.2) is 0 Å². The van der Waals surface area contributed by atoms with Crippen molar-refractivity contribution in [3.05, 3.63) is 69.6 Å². The molecule has 2 aromatic carbocycles. The number of rotatable bonds is 6. The second-order valence-corrected chi connectivity index (χ2v) is 7.16. The van der Waals surface area contributed by atoms with Crippen LogP contribution in [0, 0.1) is 0 Å². The first-order valence-electron chi connectivity index (χ1n) is 7.78. The van der Waals surface area contributed by atoms with Crippen LogP contribution in [0.1, 0.15) is 16.1 Å². The summed E-state index contributed by atoms with van der Waals surface area (Å²) in [5.74, 6) is 0.759. The molecule has 0 radical (unpaired) electrons. The van der Waals surface area contributed by atoms with E-state index in [4.69, 9.17) is 4.74 Å². The second kappa shape index (κ2) is 8.27. The first-order valence-corrected chi connectivity index (χ1v) is 9.45. The zero-order chi connectivity index (χ0) is 17.6. The maximum atomic E-state index is 12.1. The lowest BCUT2D eigenvalue weighted by molar-refractivity contribution is 0.0954. The number of benzene rings is 2. The van der Waals surface area contributed by atoms with E-state index in [1.807, 2.05) is 41.8 Å². The number of ether oxygens (including phenoxy) is 1. The van der Waals surface area contributed by atoms with Crippen LogP contribution < -0.4 is 10.1 Å². The highest BCUT2D eigenvalue weighted by Gasteiger charge is 2.07. The Hall–Kier alpha value is -2.18. The van der Waals surface area contributed by atoms with Gasteiger partial charge in [-0.2, -0.15) is 0 Å². The molecule has 6 heteroatoms. The Labute approximate surface area is 159 Å². The van der Waals surface area contributed by atoms with Crippen molar-refractivity contribution >= 4 is 33.2 Å². The van der Waals surface area contributed by atoms with Gasteiger partial charge >= 0.3 is 0 Å². The predicted octanol–water partition coefficient (Wildman–Crippen LogP) is 4.55. The van der Waals surface area contributed by atoms with Crippen LogP contribution in [-0.4, -0.2) is 24.5 Å². The van der Waals surface area contributed by atoms with Gasteiger partial charge in [-0.15, -0.1) is 11.3 Å². The fraction of sp³-hybridized carbons (Fsp3) is 0.158. The summed E-state index contributed by atoms with van der Waals surface area (Å²) in [5, 5.41) is 5.93. The smallest absolute Gasteiger partial charge is 0.251 e. The number of hydrogen-bond acceptors (Lipinski definition) is 4. The van der Waals surface area contributed by atoms with E-state index in [1.165, 1.54) is 0 Å². The normalized spacial score (nSPS) is 10.5. The molecule has 128 valence electrons. The quantitative estimate of drug-likeness (QED) is 0.640. The van der Waals surface area contributed by atoms with Crippen LogP contribution in [0.3, 0.4) is 0 Å². The molecular weight excluding hydrogens is 400 g/mol. The van der Waals surface area contributed by atoms with E-state index in [-0.39, 0.29) is 5.91 Å². The molecule has 0 aliphatic heterocycles. The molecule has 0 spiro atoms. The molecule has 1 N–H and O–H groups in total. The number of methoxy groups -OCH3 is 1. The van der Waals surface area contributed by atoms with Crippen molar-refractivity contribution < 1.29 is 9.53 Å². The van der Waals surface area contributed by atoms with Crippen molar-refractivity contribution in [1.82, 2.24) is 10.3 Å². The van der Waals surface area contributed by atoms with Gasteiger partial charge in [-0.1, -0.05) is 15.9 Å². The summed E-state index contributed by atoms with van der Waals surface area (Å²) in [7, 11) is 1.65. The van der Waals surface area contributed by atoms with Gasteiger partial charge in [-0.05, 0) is 48.5 Å². The molecule has 0 fully saturated rings. The van der Waals surface area contributed by atoms with Gasteiger partial charge in [0, 0.05) is 33.9 Å². The number of nitrogens with one attached hydrogen (secondary N) is 1. The highest BCUT2D eigenvalue weighted by atomic mass is 79.9. The van der Waals surface area contributed by atoms with E-state index in [1.54, 1.807) is 30.6 Å². The molecule has 4 nitrogen and oxygen atoms in total. The summed E-state index contributed by atoms with van der Waals surface area (Å²) in [4.78, 5) is 16.7. The van der Waals surface area contributed by atoms with Crippen molar-refractivity contribution in [2.24, 2.45) is 0 Å². The molecule has 0 saturated heterocycles. The molecule has 3 aromatic rings. The summed E-state index contributed by atoms with van der Waals surface area (Å²) in [6.45, 7) is 0.556. The molecule has 1 heterocycles. The van der Waals surface area contributed by atoms with E-state index < -0.39 is 0 Å². The van der Waals surface area contributed by atoms with Crippen LogP contribution in [0.25, 0.3) is 10.6 Å². The predicted molar refractivity (Wildman–Crippen MR) is 104 cm³/mol. The third kappa shape index (κ3) is 4.67. The second-order valence-electron chi connectivity index (χ2n) is 5.39. The van der Waals surface area contributed by atoms with Gasteiger partial charge in [0.25, 0.3) is 5.91 Å². The van der Waals surface area contributed by atoms with Crippen molar-refractivity contribution in [2.45, 2.75) is 6.42 Å². The summed E-state index contributed by atoms with van der Waals surface area (Å²) < 4.78 is 6.13. The largest absolute Gasteiger partial charge is 0.497 e. The lowest BCUT2D eigenvalue weighted by atomic mass is 10.2. The van der Waals surface area contributed by atoms with Crippen molar-refractivity contribution in [1.29, 1.82) is 0 Å². The molecule has 0 saturated carbocycles. The van der Waals surface area contributed by atoms with Gasteiger partial charge in [-0.25, -0.2) is 4.98 Å².